The number of aryl methyl sites for hydroxylation is 4. The van der Waals surface area contributed by atoms with E-state index in [2.05, 4.69) is 65.8 Å². The van der Waals surface area contributed by atoms with Crippen LogP contribution in [0.4, 0.5) is 0 Å². The van der Waals surface area contributed by atoms with Crippen molar-refractivity contribution in [2.75, 3.05) is 13.2 Å². The second-order valence-electron chi connectivity index (χ2n) is 12.3. The molecule has 0 amide bonds. The molecule has 0 unspecified atom stereocenters. The van der Waals surface area contributed by atoms with Crippen LogP contribution in [0, 0.1) is 13.8 Å². The Labute approximate surface area is 248 Å². The largest absolute Gasteiger partial charge is 2.00 e. The number of allylic oxidation sites excluding steroid dienone is 2. The van der Waals surface area contributed by atoms with Gasteiger partial charge in [0.25, 0.3) is 0 Å². The van der Waals surface area contributed by atoms with Gasteiger partial charge in [-0.15, -0.1) is 22.1 Å². The normalized spacial score (nSPS) is 19.4. The minimum absolute atomic E-state index is 0. The van der Waals surface area contributed by atoms with E-state index in [1.807, 2.05) is 0 Å². The van der Waals surface area contributed by atoms with Crippen LogP contribution in [-0.4, -0.2) is 29.0 Å². The minimum Gasteiger partial charge on any atom is -0.657 e. The molecule has 0 aromatic carbocycles. The number of hydrogen-bond donors (Lipinski definition) is 0. The van der Waals surface area contributed by atoms with Gasteiger partial charge in [0, 0.05) is 36.1 Å². The summed E-state index contributed by atoms with van der Waals surface area (Å²) >= 11 is 0. The maximum absolute atomic E-state index is 6.14. The predicted molar refractivity (Wildman–Crippen MR) is 155 cm³/mol. The zero-order chi connectivity index (χ0) is 27.1. The van der Waals surface area contributed by atoms with Crippen LogP contribution in [0.5, 0.6) is 0 Å². The fourth-order valence-electron chi connectivity index (χ4n) is 6.58. The number of hydrogen-bond acceptors (Lipinski definition) is 4. The zero-order valence-corrected chi connectivity index (χ0v) is 27.5. The molecule has 0 atom stereocenters. The Balaban J connectivity index is 0.00000289. The van der Waals surface area contributed by atoms with Gasteiger partial charge < -0.3 is 19.4 Å². The third kappa shape index (κ3) is 4.42. The van der Waals surface area contributed by atoms with E-state index in [-0.39, 0.29) is 24.9 Å². The third-order valence-electron chi connectivity index (χ3n) is 9.40. The van der Waals surface area contributed by atoms with E-state index in [0.717, 1.165) is 76.9 Å². The molecule has 7 rings (SSSR count). The van der Waals surface area contributed by atoms with Gasteiger partial charge in [-0.3, -0.25) is 4.98 Å². The first-order chi connectivity index (χ1) is 18.6. The Morgan fingerprint density at radius 2 is 1.23 bits per heavy atom. The van der Waals surface area contributed by atoms with Crippen LogP contribution in [0.1, 0.15) is 85.6 Å². The van der Waals surface area contributed by atoms with Crippen LogP contribution in [0.15, 0.2) is 24.3 Å². The van der Waals surface area contributed by atoms with Gasteiger partial charge in [0.05, 0.1) is 24.6 Å². The van der Waals surface area contributed by atoms with Gasteiger partial charge in [-0.25, -0.2) is 4.98 Å². The molecule has 7 heteroatoms. The maximum Gasteiger partial charge on any atom is 2.00 e. The average Bonchev–Trinajstić information content (AvgIpc) is 3.63. The number of fused-ring (bicyclic) bond motifs is 11. The van der Waals surface area contributed by atoms with Crippen molar-refractivity contribution in [2.45, 2.75) is 84.8 Å². The fourth-order valence-corrected chi connectivity index (χ4v) is 6.58. The second-order valence-corrected chi connectivity index (χ2v) is 12.3. The smallest absolute Gasteiger partial charge is 0.657 e. The summed E-state index contributed by atoms with van der Waals surface area (Å²) < 4.78 is 12.3. The van der Waals surface area contributed by atoms with Crippen LogP contribution in [0.2, 0.25) is 0 Å². The minimum atomic E-state index is -0.468. The first-order valence-electron chi connectivity index (χ1n) is 14.2. The Morgan fingerprint density at radius 3 is 1.85 bits per heavy atom. The van der Waals surface area contributed by atoms with Crippen molar-refractivity contribution in [3.63, 3.8) is 0 Å². The summed E-state index contributed by atoms with van der Waals surface area (Å²) in [5.41, 5.74) is 15.4. The van der Waals surface area contributed by atoms with Crippen LogP contribution >= 0.6 is 0 Å². The summed E-state index contributed by atoms with van der Waals surface area (Å²) in [5, 5.41) is 0. The van der Waals surface area contributed by atoms with Crippen molar-refractivity contribution < 1.29 is 29.0 Å². The molecule has 8 bridgehead atoms. The molecule has 1 aliphatic carbocycles. The molecule has 3 aromatic heterocycles. The Morgan fingerprint density at radius 1 is 0.700 bits per heavy atom. The van der Waals surface area contributed by atoms with Crippen molar-refractivity contribution in [2.24, 2.45) is 0 Å². The van der Waals surface area contributed by atoms with Crippen molar-refractivity contribution in [3.05, 3.63) is 69.3 Å². The van der Waals surface area contributed by atoms with Crippen LogP contribution in [-0.2, 0) is 53.6 Å². The summed E-state index contributed by atoms with van der Waals surface area (Å²) in [6.45, 7) is 14.5. The number of nitrogens with zero attached hydrogens (tertiary/aromatic N) is 4. The first-order valence-corrected chi connectivity index (χ1v) is 14.2. The standard InChI is InChI=1S/C33H36N4O2.Zn/c1-18-19(2)26-14-27-20(3)21(4)28(36-27)15-29-23-7-9-33(38-11-12-39-33)10-8-24(23)30(37-29)16-31-32(5,6)17-22(34-31)13-25(18)35-26;/h13-16H,7-12,17H2,1-6H3;/q-2;+2. The predicted octanol–water partition coefficient (Wildman–Crippen LogP) is 6.28. The van der Waals surface area contributed by atoms with E-state index in [1.165, 1.54) is 33.4 Å². The molecule has 3 aromatic rings. The van der Waals surface area contributed by atoms with Gasteiger partial charge in [-0.2, -0.15) is 0 Å². The Hall–Kier alpha value is -2.60. The summed E-state index contributed by atoms with van der Waals surface area (Å²) in [7, 11) is 0. The molecule has 3 aliphatic heterocycles. The molecule has 40 heavy (non-hydrogen) atoms. The SMILES string of the molecule is CC1=C(C)c2cc3[n-]c(cc4nc(cc5[n-]c(cc1n2)c(C)c5C)CC4(C)C)c1c3CCC2(CC1)OCCO2.[Zn+2]. The molecule has 0 N–H and O–H groups in total. The van der Waals surface area contributed by atoms with Crippen LogP contribution in [0.3, 0.4) is 0 Å². The molecule has 1 fully saturated rings. The quantitative estimate of drug-likeness (QED) is 0.289. The molecular weight excluding hydrogens is 550 g/mol. The molecular formula is C33H36N4O2Zn. The van der Waals surface area contributed by atoms with E-state index in [1.54, 1.807) is 0 Å². The zero-order valence-electron chi connectivity index (χ0n) is 24.6. The van der Waals surface area contributed by atoms with E-state index in [4.69, 9.17) is 29.4 Å². The van der Waals surface area contributed by atoms with Crippen molar-refractivity contribution in [1.29, 1.82) is 0 Å². The average molecular weight is 586 g/mol. The molecule has 4 aliphatic rings. The first kappa shape index (κ1) is 27.6. The Kier molecular flexibility index (Phi) is 6.72. The molecule has 0 saturated carbocycles. The van der Waals surface area contributed by atoms with Gasteiger partial charge in [-0.1, -0.05) is 60.4 Å². The summed E-state index contributed by atoms with van der Waals surface area (Å²) in [5.74, 6) is -0.468. The van der Waals surface area contributed by atoms with E-state index < -0.39 is 5.79 Å². The summed E-state index contributed by atoms with van der Waals surface area (Å²) in [6, 6.07) is 8.73. The topological polar surface area (TPSA) is 72.4 Å². The maximum atomic E-state index is 6.14. The third-order valence-corrected chi connectivity index (χ3v) is 9.40. The van der Waals surface area contributed by atoms with Gasteiger partial charge in [0.15, 0.2) is 5.79 Å². The van der Waals surface area contributed by atoms with Crippen LogP contribution < -0.4 is 9.97 Å². The summed E-state index contributed by atoms with van der Waals surface area (Å²) in [4.78, 5) is 20.5. The number of rotatable bonds is 0. The Bertz CT molecular complexity index is 1720. The molecule has 0 radical (unpaired) electrons. The number of aromatic nitrogens is 4. The number of ether oxygens (including phenoxy) is 2. The van der Waals surface area contributed by atoms with Crippen molar-refractivity contribution >= 4 is 33.2 Å². The van der Waals surface area contributed by atoms with Crippen LogP contribution in [0.25, 0.3) is 33.2 Å². The van der Waals surface area contributed by atoms with Gasteiger partial charge >= 0.3 is 19.5 Å². The van der Waals surface area contributed by atoms with Gasteiger partial charge in [0.1, 0.15) is 0 Å². The molecule has 6 heterocycles. The molecule has 1 saturated heterocycles. The fraction of sp³-hybridized carbons (Fsp3) is 0.455. The molecule has 1 spiro atoms. The van der Waals surface area contributed by atoms with Crippen molar-refractivity contribution in [1.82, 2.24) is 19.9 Å². The second kappa shape index (κ2) is 9.75. The van der Waals surface area contributed by atoms with Crippen molar-refractivity contribution in [3.8, 4) is 0 Å². The van der Waals surface area contributed by atoms with Gasteiger partial charge in [0.2, 0.25) is 0 Å². The van der Waals surface area contributed by atoms with E-state index >= 15 is 0 Å². The summed E-state index contributed by atoms with van der Waals surface area (Å²) in [6.07, 6.45) is 4.32. The van der Waals surface area contributed by atoms with E-state index in [9.17, 15) is 0 Å². The monoisotopic (exact) mass is 584 g/mol. The van der Waals surface area contributed by atoms with E-state index in [0.29, 0.717) is 13.2 Å². The molecule has 202 valence electrons. The molecule has 6 nitrogen and oxygen atoms in total. The van der Waals surface area contributed by atoms with Gasteiger partial charge in [-0.05, 0) is 51.7 Å².